The molecule has 230 valence electrons. The minimum Gasteiger partial charge on any atom is -0.546 e. The molecule has 0 aliphatic heterocycles. The second-order valence-corrected chi connectivity index (χ2v) is 17.3. The normalized spacial score (nSPS) is 13.6. The van der Waals surface area contributed by atoms with Crippen molar-refractivity contribution in [2.24, 2.45) is 5.92 Å². The third-order valence-corrected chi connectivity index (χ3v) is 9.05. The third-order valence-electron chi connectivity index (χ3n) is 7.56. The topological polar surface area (TPSA) is 47.6 Å². The Balaban J connectivity index is 1.93. The summed E-state index contributed by atoms with van der Waals surface area (Å²) in [7, 11) is -0.646. The van der Waals surface area contributed by atoms with Gasteiger partial charge in [0.05, 0.1) is 30.4 Å². The summed E-state index contributed by atoms with van der Waals surface area (Å²) in [6.07, 6.45) is 5.50. The Morgan fingerprint density at radius 3 is 1.66 bits per heavy atom. The van der Waals surface area contributed by atoms with Crippen molar-refractivity contribution in [2.45, 2.75) is 44.1 Å². The van der Waals surface area contributed by atoms with E-state index < -0.39 is 19.8 Å². The van der Waals surface area contributed by atoms with Crippen LogP contribution in [-0.4, -0.2) is 39.4 Å². The Bertz CT molecular complexity index is 1360. The molecule has 0 aliphatic rings. The Hall–Kier alpha value is -3.58. The summed E-state index contributed by atoms with van der Waals surface area (Å²) in [5.41, 5.74) is 3.79. The zero-order valence-corrected chi connectivity index (χ0v) is 28.3. The largest absolute Gasteiger partial charge is 0.546 e. The summed E-state index contributed by atoms with van der Waals surface area (Å²) in [4.78, 5) is 13.3. The SMILES string of the molecule is COC(=O)[C@@H](/C=C(\O[Si](C)(C)C)[C@H](CCSC)NC(c1ccccc1)(c1ccccc1)c1ccccc1)Cc1ccccc1. The van der Waals surface area contributed by atoms with Crippen molar-refractivity contribution < 1.29 is 14.0 Å². The van der Waals surface area contributed by atoms with Crippen LogP contribution >= 0.6 is 11.8 Å². The molecule has 0 unspecified atom stereocenters. The fourth-order valence-corrected chi connectivity index (χ4v) is 6.99. The maximum absolute atomic E-state index is 13.3. The van der Waals surface area contributed by atoms with E-state index in [0.29, 0.717) is 6.42 Å². The van der Waals surface area contributed by atoms with Crippen molar-refractivity contribution in [3.63, 3.8) is 0 Å². The molecule has 0 heterocycles. The van der Waals surface area contributed by atoms with Crippen LogP contribution in [0.5, 0.6) is 0 Å². The molecule has 0 saturated heterocycles. The fraction of sp³-hybridized carbons (Fsp3) is 0.289. The molecule has 0 amide bonds. The van der Waals surface area contributed by atoms with Crippen LogP contribution in [0.25, 0.3) is 0 Å². The molecule has 44 heavy (non-hydrogen) atoms. The molecule has 0 aromatic heterocycles. The van der Waals surface area contributed by atoms with Crippen LogP contribution in [0.15, 0.2) is 133 Å². The van der Waals surface area contributed by atoms with Gasteiger partial charge in [0.2, 0.25) is 8.32 Å². The standard InChI is InChI=1S/C38H45NO3SSi/c1-41-37(40)31(28-30-18-10-6-11-19-30)29-36(42-44(3,4)5)35(26-27-43-2)39-38(32-20-12-7-13-21-32,33-22-14-8-15-23-33)34-24-16-9-17-25-34/h6-25,29,31,35,39H,26-28H2,1-5H3/b36-29-/t31-,35+/m1/s1. The molecule has 4 rings (SSSR count). The summed E-state index contributed by atoms with van der Waals surface area (Å²) in [5.74, 6) is 0.957. The lowest BCUT2D eigenvalue weighted by molar-refractivity contribution is -0.143. The number of methoxy groups -OCH3 is 1. The highest BCUT2D eigenvalue weighted by Gasteiger charge is 2.40. The van der Waals surface area contributed by atoms with Crippen LogP contribution < -0.4 is 5.32 Å². The van der Waals surface area contributed by atoms with Gasteiger partial charge in [-0.2, -0.15) is 11.8 Å². The highest BCUT2D eigenvalue weighted by Crippen LogP contribution is 2.39. The number of esters is 1. The van der Waals surface area contributed by atoms with Gasteiger partial charge in [-0.25, -0.2) is 0 Å². The molecule has 4 aromatic rings. The Kier molecular flexibility index (Phi) is 12.1. The van der Waals surface area contributed by atoms with Crippen LogP contribution in [0.4, 0.5) is 0 Å². The molecule has 0 spiro atoms. The number of thioether (sulfide) groups is 1. The maximum atomic E-state index is 13.3. The van der Waals surface area contributed by atoms with Crippen molar-refractivity contribution >= 4 is 26.0 Å². The van der Waals surface area contributed by atoms with Crippen LogP contribution in [0.1, 0.15) is 28.7 Å². The van der Waals surface area contributed by atoms with E-state index >= 15 is 0 Å². The second kappa shape index (κ2) is 15.9. The van der Waals surface area contributed by atoms with Gasteiger partial charge in [-0.3, -0.25) is 10.1 Å². The van der Waals surface area contributed by atoms with Gasteiger partial charge in [0, 0.05) is 0 Å². The van der Waals surface area contributed by atoms with E-state index in [1.54, 1.807) is 0 Å². The first-order chi connectivity index (χ1) is 21.3. The van der Waals surface area contributed by atoms with Gasteiger partial charge < -0.3 is 9.16 Å². The smallest absolute Gasteiger partial charge is 0.312 e. The molecule has 0 fully saturated rings. The van der Waals surface area contributed by atoms with Gasteiger partial charge >= 0.3 is 5.97 Å². The van der Waals surface area contributed by atoms with E-state index in [1.165, 1.54) is 7.11 Å². The number of carbonyl (C=O) groups is 1. The van der Waals surface area contributed by atoms with Crippen LogP contribution in [0, 0.1) is 5.92 Å². The minimum atomic E-state index is -2.11. The van der Waals surface area contributed by atoms with E-state index in [4.69, 9.17) is 9.16 Å². The number of hydrogen-bond acceptors (Lipinski definition) is 5. The van der Waals surface area contributed by atoms with E-state index in [0.717, 1.165) is 40.2 Å². The number of nitrogens with one attached hydrogen (secondary N) is 1. The average molecular weight is 624 g/mol. The zero-order valence-electron chi connectivity index (χ0n) is 26.5. The Morgan fingerprint density at radius 1 is 0.795 bits per heavy atom. The number of ether oxygens (including phenoxy) is 1. The second-order valence-electron chi connectivity index (χ2n) is 11.9. The van der Waals surface area contributed by atoms with Gasteiger partial charge in [0.1, 0.15) is 0 Å². The van der Waals surface area contributed by atoms with Crippen molar-refractivity contribution in [3.8, 4) is 0 Å². The highest BCUT2D eigenvalue weighted by molar-refractivity contribution is 7.98. The molecule has 1 N–H and O–H groups in total. The van der Waals surface area contributed by atoms with E-state index in [-0.39, 0.29) is 12.0 Å². The predicted octanol–water partition coefficient (Wildman–Crippen LogP) is 8.46. The van der Waals surface area contributed by atoms with Gasteiger partial charge in [-0.05, 0) is 72.8 Å². The van der Waals surface area contributed by atoms with E-state index in [9.17, 15) is 4.79 Å². The summed E-state index contributed by atoms with van der Waals surface area (Å²) >= 11 is 1.81. The van der Waals surface area contributed by atoms with Gasteiger partial charge in [-0.15, -0.1) is 0 Å². The number of carbonyl (C=O) groups excluding carboxylic acids is 1. The van der Waals surface area contributed by atoms with E-state index in [1.807, 2.05) is 36.0 Å². The summed E-state index contributed by atoms with van der Waals surface area (Å²) in [6, 6.07) is 41.8. The summed E-state index contributed by atoms with van der Waals surface area (Å²) in [5, 5.41) is 4.16. The van der Waals surface area contributed by atoms with Crippen molar-refractivity contribution in [1.82, 2.24) is 5.32 Å². The molecule has 4 aromatic carbocycles. The van der Waals surface area contributed by atoms with Crippen LogP contribution in [-0.2, 0) is 25.9 Å². The monoisotopic (exact) mass is 623 g/mol. The lowest BCUT2D eigenvalue weighted by atomic mass is 9.76. The quantitative estimate of drug-likeness (QED) is 0.0623. The van der Waals surface area contributed by atoms with Crippen LogP contribution in [0.3, 0.4) is 0 Å². The summed E-state index contributed by atoms with van der Waals surface area (Å²) < 4.78 is 12.3. The van der Waals surface area contributed by atoms with Gasteiger partial charge in [0.15, 0.2) is 0 Å². The Morgan fingerprint density at radius 2 is 1.25 bits per heavy atom. The average Bonchev–Trinajstić information content (AvgIpc) is 3.05. The predicted molar refractivity (Wildman–Crippen MR) is 187 cm³/mol. The highest BCUT2D eigenvalue weighted by atomic mass is 32.2. The molecule has 2 atom stereocenters. The van der Waals surface area contributed by atoms with E-state index in [2.05, 4.69) is 134 Å². The molecule has 0 radical (unpaired) electrons. The fourth-order valence-electron chi connectivity index (χ4n) is 5.60. The lowest BCUT2D eigenvalue weighted by Gasteiger charge is -2.41. The van der Waals surface area contributed by atoms with Crippen molar-refractivity contribution in [2.75, 3.05) is 19.1 Å². The number of rotatable bonds is 15. The molecular formula is C38H45NO3SSi. The van der Waals surface area contributed by atoms with Gasteiger partial charge in [0.25, 0.3) is 0 Å². The molecule has 4 nitrogen and oxygen atoms in total. The minimum absolute atomic E-state index is 0.197. The zero-order chi connectivity index (χ0) is 31.4. The molecule has 0 bridgehead atoms. The Labute approximate surface area is 269 Å². The maximum Gasteiger partial charge on any atom is 0.312 e. The molecule has 0 aliphatic carbocycles. The third kappa shape index (κ3) is 8.75. The first-order valence-corrected chi connectivity index (χ1v) is 20.0. The van der Waals surface area contributed by atoms with Crippen molar-refractivity contribution in [3.05, 3.63) is 155 Å². The van der Waals surface area contributed by atoms with Gasteiger partial charge in [-0.1, -0.05) is 121 Å². The molecular weight excluding hydrogens is 579 g/mol. The summed E-state index contributed by atoms with van der Waals surface area (Å²) in [6.45, 7) is 6.57. The van der Waals surface area contributed by atoms with Crippen molar-refractivity contribution in [1.29, 1.82) is 0 Å². The molecule has 0 saturated carbocycles. The molecule has 6 heteroatoms. The van der Waals surface area contributed by atoms with Crippen LogP contribution in [0.2, 0.25) is 19.6 Å². The first-order valence-electron chi connectivity index (χ1n) is 15.2. The number of hydrogen-bond donors (Lipinski definition) is 1. The number of benzene rings is 4. The lowest BCUT2D eigenvalue weighted by Crippen LogP contribution is -2.51. The first kappa shape index (κ1) is 33.3.